The molecule has 0 aliphatic carbocycles. The van der Waals surface area contributed by atoms with E-state index in [-0.39, 0.29) is 18.0 Å². The molecule has 34 heavy (non-hydrogen) atoms. The molecule has 1 N–H and O–H groups in total. The van der Waals surface area contributed by atoms with E-state index in [9.17, 15) is 4.79 Å². The van der Waals surface area contributed by atoms with E-state index in [1.165, 1.54) is 5.56 Å². The zero-order chi connectivity index (χ0) is 23.8. The fourth-order valence-electron chi connectivity index (χ4n) is 4.41. The highest BCUT2D eigenvalue weighted by atomic mass is 16.5. The van der Waals surface area contributed by atoms with Crippen molar-refractivity contribution in [1.29, 1.82) is 0 Å². The predicted octanol–water partition coefficient (Wildman–Crippen LogP) is 4.11. The average molecular weight is 461 g/mol. The van der Waals surface area contributed by atoms with Crippen molar-refractivity contribution in [1.82, 2.24) is 20.3 Å². The fourth-order valence-corrected chi connectivity index (χ4v) is 4.41. The van der Waals surface area contributed by atoms with Gasteiger partial charge in [-0.25, -0.2) is 10.4 Å². The lowest BCUT2D eigenvalue weighted by atomic mass is 10.0. The molecule has 0 saturated carbocycles. The van der Waals surface area contributed by atoms with Crippen LogP contribution in [0.25, 0.3) is 11.5 Å². The summed E-state index contributed by atoms with van der Waals surface area (Å²) in [4.78, 5) is 19.7. The fraction of sp³-hybridized carbons (Fsp3) is 0.308. The molecule has 0 bridgehead atoms. The van der Waals surface area contributed by atoms with Gasteiger partial charge in [-0.05, 0) is 50.1 Å². The molecule has 3 heterocycles. The number of aromatic nitrogens is 1. The van der Waals surface area contributed by atoms with E-state index in [2.05, 4.69) is 10.4 Å². The van der Waals surface area contributed by atoms with Crippen molar-refractivity contribution in [2.24, 2.45) is 0 Å². The number of amides is 1. The van der Waals surface area contributed by atoms with E-state index < -0.39 is 0 Å². The maximum Gasteiger partial charge on any atom is 0.251 e. The molecule has 2 aliphatic heterocycles. The molecule has 3 aromatic rings. The number of aryl methyl sites for hydroxylation is 2. The van der Waals surface area contributed by atoms with Crippen LogP contribution in [0.2, 0.25) is 0 Å². The summed E-state index contributed by atoms with van der Waals surface area (Å²) in [6.45, 7) is 4.29. The van der Waals surface area contributed by atoms with Gasteiger partial charge in [0.05, 0.1) is 26.8 Å². The molecule has 176 valence electrons. The molecule has 1 amide bonds. The second kappa shape index (κ2) is 8.87. The minimum absolute atomic E-state index is 0.0136. The van der Waals surface area contributed by atoms with Crippen LogP contribution in [0.1, 0.15) is 35.0 Å². The van der Waals surface area contributed by atoms with Gasteiger partial charge in [-0.2, -0.15) is 0 Å². The average Bonchev–Trinajstić information content (AvgIpc) is 3.45. The van der Waals surface area contributed by atoms with Crippen LogP contribution in [0.3, 0.4) is 0 Å². The number of nitrogens with zero attached hydrogens (tertiary/aromatic N) is 3. The first-order valence-electron chi connectivity index (χ1n) is 11.3. The topological polar surface area (TPSA) is 80.1 Å². The summed E-state index contributed by atoms with van der Waals surface area (Å²) < 4.78 is 16.7. The van der Waals surface area contributed by atoms with E-state index in [0.717, 1.165) is 16.8 Å². The van der Waals surface area contributed by atoms with E-state index >= 15 is 0 Å². The van der Waals surface area contributed by atoms with E-state index in [4.69, 9.17) is 13.9 Å². The highest BCUT2D eigenvalue weighted by Crippen LogP contribution is 2.36. The lowest BCUT2D eigenvalue weighted by molar-refractivity contribution is -0.135. The third-order valence-electron chi connectivity index (χ3n) is 6.40. The highest BCUT2D eigenvalue weighted by molar-refractivity contribution is 5.84. The minimum Gasteiger partial charge on any atom is -0.493 e. The Bertz CT molecular complexity index is 1230. The predicted molar refractivity (Wildman–Crippen MR) is 127 cm³/mol. The van der Waals surface area contributed by atoms with Crippen molar-refractivity contribution < 1.29 is 18.7 Å². The number of benzene rings is 2. The highest BCUT2D eigenvalue weighted by Gasteiger charge is 2.40. The summed E-state index contributed by atoms with van der Waals surface area (Å²) in [5.41, 5.74) is 7.31. The van der Waals surface area contributed by atoms with Crippen LogP contribution in [-0.2, 0) is 11.3 Å². The number of carbonyl (C=O) groups is 1. The second-order valence-corrected chi connectivity index (χ2v) is 8.61. The van der Waals surface area contributed by atoms with Crippen LogP contribution in [-0.4, -0.2) is 41.1 Å². The van der Waals surface area contributed by atoms with Gasteiger partial charge >= 0.3 is 0 Å². The van der Waals surface area contributed by atoms with E-state index in [1.54, 1.807) is 25.3 Å². The number of hydrazine groups is 1. The van der Waals surface area contributed by atoms with Gasteiger partial charge in [0.15, 0.2) is 11.5 Å². The van der Waals surface area contributed by atoms with Crippen LogP contribution in [0.5, 0.6) is 11.5 Å². The smallest absolute Gasteiger partial charge is 0.251 e. The van der Waals surface area contributed by atoms with Crippen LogP contribution in [0, 0.1) is 13.8 Å². The summed E-state index contributed by atoms with van der Waals surface area (Å²) in [5.74, 6) is 2.65. The van der Waals surface area contributed by atoms with Gasteiger partial charge < -0.3 is 23.8 Å². The van der Waals surface area contributed by atoms with Gasteiger partial charge in [-0.15, -0.1) is 0 Å². The number of fused-ring (bicyclic) bond motifs is 1. The molecule has 8 heteroatoms. The third kappa shape index (κ3) is 4.01. The molecule has 1 aromatic heterocycles. The van der Waals surface area contributed by atoms with Crippen molar-refractivity contribution in [3.8, 4) is 23.0 Å². The van der Waals surface area contributed by atoms with Crippen molar-refractivity contribution in [2.75, 3.05) is 14.2 Å². The van der Waals surface area contributed by atoms with Crippen molar-refractivity contribution in [2.45, 2.75) is 38.9 Å². The molecule has 0 radical (unpaired) electrons. The van der Waals surface area contributed by atoms with Crippen LogP contribution >= 0.6 is 0 Å². The number of carbonyl (C=O) groups excluding carboxylic acids is 1. The monoisotopic (exact) mass is 460 g/mol. The summed E-state index contributed by atoms with van der Waals surface area (Å²) in [6, 6.07) is 13.6. The molecule has 1 saturated heterocycles. The SMILES string of the molecule is COc1ccc(C2CC3C(=O)N(Cc4nc(-c5ccc(C)cc5)oc4C)C=CN3N2)cc1OC. The zero-order valence-corrected chi connectivity index (χ0v) is 19.7. The number of oxazole rings is 1. The number of hydrogen-bond acceptors (Lipinski definition) is 7. The molecule has 2 atom stereocenters. The van der Waals surface area contributed by atoms with Crippen LogP contribution in [0.4, 0.5) is 0 Å². The largest absolute Gasteiger partial charge is 0.493 e. The first-order chi connectivity index (χ1) is 16.5. The Morgan fingerprint density at radius 1 is 1.06 bits per heavy atom. The number of hydrogen-bond donors (Lipinski definition) is 1. The Morgan fingerprint density at radius 2 is 1.82 bits per heavy atom. The second-order valence-electron chi connectivity index (χ2n) is 8.61. The first kappa shape index (κ1) is 22.0. The maximum atomic E-state index is 13.3. The van der Waals surface area contributed by atoms with Gasteiger partial charge in [0.25, 0.3) is 5.91 Å². The summed E-state index contributed by atoms with van der Waals surface area (Å²) in [6.07, 6.45) is 4.34. The third-order valence-corrected chi connectivity index (χ3v) is 6.40. The summed E-state index contributed by atoms with van der Waals surface area (Å²) in [7, 11) is 3.23. The Morgan fingerprint density at radius 3 is 2.56 bits per heavy atom. The normalized spacial score (nSPS) is 19.5. The molecule has 5 rings (SSSR count). The van der Waals surface area contributed by atoms with Gasteiger partial charge in [-0.1, -0.05) is 23.8 Å². The quantitative estimate of drug-likeness (QED) is 0.593. The van der Waals surface area contributed by atoms with E-state index in [0.29, 0.717) is 36.1 Å². The number of methoxy groups -OCH3 is 2. The lowest BCUT2D eigenvalue weighted by Crippen LogP contribution is -2.47. The van der Waals surface area contributed by atoms with Crippen molar-refractivity contribution in [3.05, 3.63) is 77.4 Å². The molecule has 8 nitrogen and oxygen atoms in total. The standard InChI is InChI=1S/C26H28N4O4/c1-16-5-7-18(8-6-16)25-27-21(17(2)34-25)15-29-11-12-30-22(26(29)31)14-20(28-30)19-9-10-23(32-3)24(13-19)33-4/h5-13,20,22,28H,14-15H2,1-4H3. The number of nitrogens with one attached hydrogen (secondary N) is 1. The first-order valence-corrected chi connectivity index (χ1v) is 11.3. The Hall–Kier alpha value is -3.78. The molecular weight excluding hydrogens is 432 g/mol. The summed E-state index contributed by atoms with van der Waals surface area (Å²) in [5, 5.41) is 1.88. The Kier molecular flexibility index (Phi) is 5.75. The Balaban J connectivity index is 1.30. The molecular formula is C26H28N4O4. The molecule has 1 fully saturated rings. The van der Waals surface area contributed by atoms with E-state index in [1.807, 2.05) is 67.5 Å². The van der Waals surface area contributed by atoms with Crippen LogP contribution in [0.15, 0.2) is 59.3 Å². The molecule has 2 aliphatic rings. The maximum absolute atomic E-state index is 13.3. The van der Waals surface area contributed by atoms with Crippen molar-refractivity contribution in [3.63, 3.8) is 0 Å². The van der Waals surface area contributed by atoms with Gasteiger partial charge in [-0.3, -0.25) is 4.79 Å². The van der Waals surface area contributed by atoms with Crippen molar-refractivity contribution >= 4 is 5.91 Å². The zero-order valence-electron chi connectivity index (χ0n) is 19.7. The number of rotatable bonds is 6. The molecule has 2 aromatic carbocycles. The van der Waals surface area contributed by atoms with Gasteiger partial charge in [0.1, 0.15) is 17.5 Å². The molecule has 2 unspecified atom stereocenters. The minimum atomic E-state index is -0.299. The van der Waals surface area contributed by atoms with Crippen LogP contribution < -0.4 is 14.9 Å². The number of ether oxygens (including phenoxy) is 2. The summed E-state index contributed by atoms with van der Waals surface area (Å²) >= 11 is 0. The molecule has 0 spiro atoms. The van der Waals surface area contributed by atoms with Gasteiger partial charge in [0, 0.05) is 18.0 Å². The lowest BCUT2D eigenvalue weighted by Gasteiger charge is -2.31. The Labute approximate surface area is 198 Å². The van der Waals surface area contributed by atoms with Gasteiger partial charge in [0.2, 0.25) is 5.89 Å².